The molecule has 0 amide bonds. The number of nitrogens with zero attached hydrogens (tertiary/aromatic N) is 7. The van der Waals surface area contributed by atoms with E-state index < -0.39 is 0 Å². The summed E-state index contributed by atoms with van der Waals surface area (Å²) < 4.78 is 3.58. The number of hydrogen-bond donors (Lipinski definition) is 0. The van der Waals surface area contributed by atoms with Gasteiger partial charge in [-0.25, -0.2) is 4.68 Å². The maximum absolute atomic E-state index is 12.2. The van der Waals surface area contributed by atoms with Crippen molar-refractivity contribution in [1.29, 1.82) is 0 Å². The summed E-state index contributed by atoms with van der Waals surface area (Å²) in [6.07, 6.45) is 5.46. The van der Waals surface area contributed by atoms with Gasteiger partial charge in [-0.2, -0.15) is 5.10 Å². The van der Waals surface area contributed by atoms with Crippen molar-refractivity contribution in [3.63, 3.8) is 0 Å². The van der Waals surface area contributed by atoms with E-state index in [1.165, 1.54) is 0 Å². The summed E-state index contributed by atoms with van der Waals surface area (Å²) in [5.74, 6) is 1.33. The van der Waals surface area contributed by atoms with Crippen molar-refractivity contribution in [2.24, 2.45) is 5.92 Å². The third-order valence-corrected chi connectivity index (χ3v) is 5.04. The van der Waals surface area contributed by atoms with Gasteiger partial charge in [0, 0.05) is 49.2 Å². The molecule has 0 saturated carbocycles. The first-order chi connectivity index (χ1) is 13.8. The third kappa shape index (κ3) is 3.18. The third-order valence-electron chi connectivity index (χ3n) is 5.04. The zero-order valence-corrected chi connectivity index (χ0v) is 15.2. The predicted molar refractivity (Wildman–Crippen MR) is 103 cm³/mol. The maximum Gasteiger partial charge on any atom is 0.266 e. The highest BCUT2D eigenvalue weighted by molar-refractivity contribution is 5.56. The largest absolute Gasteiger partial charge is 0.295 e. The van der Waals surface area contributed by atoms with Gasteiger partial charge in [0.15, 0.2) is 11.5 Å². The van der Waals surface area contributed by atoms with Crippen LogP contribution in [0.3, 0.4) is 0 Å². The highest BCUT2D eigenvalue weighted by Gasteiger charge is 2.28. The Morgan fingerprint density at radius 3 is 2.82 bits per heavy atom. The first-order valence-corrected chi connectivity index (χ1v) is 9.26. The number of aromatic nitrogens is 6. The minimum absolute atomic E-state index is 0.0745. The van der Waals surface area contributed by atoms with E-state index in [1.54, 1.807) is 29.2 Å². The van der Waals surface area contributed by atoms with Gasteiger partial charge in [-0.15, -0.1) is 10.2 Å². The summed E-state index contributed by atoms with van der Waals surface area (Å²) in [4.78, 5) is 18.6. The molecular weight excluding hydrogens is 354 g/mol. The smallest absolute Gasteiger partial charge is 0.266 e. The number of pyridine rings is 2. The second-order valence-corrected chi connectivity index (χ2v) is 7.09. The second kappa shape index (κ2) is 6.97. The van der Waals surface area contributed by atoms with Gasteiger partial charge in [0.2, 0.25) is 0 Å². The van der Waals surface area contributed by atoms with Crippen LogP contribution in [0.5, 0.6) is 0 Å². The Balaban J connectivity index is 1.25. The first kappa shape index (κ1) is 16.8. The summed E-state index contributed by atoms with van der Waals surface area (Å²) in [5, 5.41) is 13.0. The Morgan fingerprint density at radius 1 is 1.04 bits per heavy atom. The molecule has 140 valence electrons. The molecule has 1 saturated heterocycles. The quantitative estimate of drug-likeness (QED) is 0.527. The van der Waals surface area contributed by atoms with Crippen LogP contribution in [-0.4, -0.2) is 47.4 Å². The number of likely N-dealkylation sites (tertiary alicyclic amines) is 1. The molecule has 4 aromatic heterocycles. The summed E-state index contributed by atoms with van der Waals surface area (Å²) in [6.45, 7) is 3.18. The summed E-state index contributed by atoms with van der Waals surface area (Å²) in [6, 6.07) is 13.0. The van der Waals surface area contributed by atoms with Gasteiger partial charge in [-0.1, -0.05) is 6.07 Å². The highest BCUT2D eigenvalue weighted by atomic mass is 16.1. The van der Waals surface area contributed by atoms with E-state index in [4.69, 9.17) is 0 Å². The average Bonchev–Trinajstić information content (AvgIpc) is 3.11. The molecule has 1 aliphatic rings. The highest BCUT2D eigenvalue weighted by Crippen LogP contribution is 2.20. The van der Waals surface area contributed by atoms with Crippen molar-refractivity contribution in [2.75, 3.05) is 13.1 Å². The lowest BCUT2D eigenvalue weighted by Gasteiger charge is -2.38. The van der Waals surface area contributed by atoms with Crippen molar-refractivity contribution in [2.45, 2.75) is 13.1 Å². The maximum atomic E-state index is 12.2. The van der Waals surface area contributed by atoms with E-state index in [-0.39, 0.29) is 5.56 Å². The Morgan fingerprint density at radius 2 is 1.96 bits per heavy atom. The van der Waals surface area contributed by atoms with Crippen molar-refractivity contribution in [3.05, 3.63) is 77.2 Å². The van der Waals surface area contributed by atoms with Gasteiger partial charge in [-0.05, 0) is 30.3 Å². The van der Waals surface area contributed by atoms with Crippen LogP contribution < -0.4 is 5.56 Å². The van der Waals surface area contributed by atoms with E-state index in [2.05, 4.69) is 25.2 Å². The zero-order chi connectivity index (χ0) is 18.9. The Hall–Kier alpha value is -3.39. The molecule has 0 radical (unpaired) electrons. The number of hydrogen-bond acceptors (Lipinski definition) is 6. The standard InChI is InChI=1S/C20H19N7O/c28-20-7-6-17(16-4-3-8-21-10-16)24-27(20)13-15-11-25(12-15)14-19-23-22-18-5-1-2-9-26(18)19/h1-10,15H,11-14H2. The SMILES string of the molecule is O=c1ccc(-c2cccnc2)nn1CC1CN(Cc2nnc3ccccn23)C1. The van der Waals surface area contributed by atoms with Crippen molar-refractivity contribution in [1.82, 2.24) is 34.3 Å². The second-order valence-electron chi connectivity index (χ2n) is 7.09. The van der Waals surface area contributed by atoms with Gasteiger partial charge in [0.05, 0.1) is 18.8 Å². The van der Waals surface area contributed by atoms with Crippen LogP contribution in [0, 0.1) is 5.92 Å². The lowest BCUT2D eigenvalue weighted by atomic mass is 10.0. The Labute approximate surface area is 161 Å². The Kier molecular flexibility index (Phi) is 4.17. The van der Waals surface area contributed by atoms with Crippen LogP contribution >= 0.6 is 0 Å². The molecule has 4 aromatic rings. The van der Waals surface area contributed by atoms with E-state index in [1.807, 2.05) is 40.9 Å². The first-order valence-electron chi connectivity index (χ1n) is 9.26. The van der Waals surface area contributed by atoms with Crippen molar-refractivity contribution < 1.29 is 0 Å². The fourth-order valence-corrected chi connectivity index (χ4v) is 3.61. The summed E-state index contributed by atoms with van der Waals surface area (Å²) in [7, 11) is 0. The minimum atomic E-state index is -0.0745. The van der Waals surface area contributed by atoms with Crippen molar-refractivity contribution in [3.8, 4) is 11.3 Å². The molecule has 0 N–H and O–H groups in total. The zero-order valence-electron chi connectivity index (χ0n) is 15.2. The van der Waals surface area contributed by atoms with E-state index >= 15 is 0 Å². The number of fused-ring (bicyclic) bond motifs is 1. The Bertz CT molecular complexity index is 1160. The van der Waals surface area contributed by atoms with Gasteiger partial charge in [0.1, 0.15) is 0 Å². The fourth-order valence-electron chi connectivity index (χ4n) is 3.61. The fraction of sp³-hybridized carbons (Fsp3) is 0.250. The molecule has 5 rings (SSSR count). The summed E-state index contributed by atoms with van der Waals surface area (Å²) >= 11 is 0. The molecule has 0 aliphatic carbocycles. The molecule has 1 fully saturated rings. The minimum Gasteiger partial charge on any atom is -0.295 e. The topological polar surface area (TPSA) is 81.2 Å². The van der Waals surface area contributed by atoms with Crippen LogP contribution in [0.1, 0.15) is 5.82 Å². The molecule has 28 heavy (non-hydrogen) atoms. The van der Waals surface area contributed by atoms with Gasteiger partial charge in [-0.3, -0.25) is 19.1 Å². The average molecular weight is 373 g/mol. The van der Waals surface area contributed by atoms with Crippen LogP contribution in [-0.2, 0) is 13.1 Å². The normalized spacial score (nSPS) is 15.0. The lowest BCUT2D eigenvalue weighted by molar-refractivity contribution is 0.0738. The van der Waals surface area contributed by atoms with Gasteiger partial charge < -0.3 is 0 Å². The van der Waals surface area contributed by atoms with Gasteiger partial charge >= 0.3 is 0 Å². The molecular formula is C20H19N7O. The predicted octanol–water partition coefficient (Wildman–Crippen LogP) is 1.48. The molecule has 0 atom stereocenters. The van der Waals surface area contributed by atoms with E-state index in [9.17, 15) is 4.79 Å². The van der Waals surface area contributed by atoms with Crippen LogP contribution in [0.15, 0.2) is 65.8 Å². The van der Waals surface area contributed by atoms with E-state index in [0.717, 1.165) is 42.4 Å². The molecule has 1 aliphatic heterocycles. The molecule has 0 unspecified atom stereocenters. The molecule has 0 spiro atoms. The molecule has 0 bridgehead atoms. The van der Waals surface area contributed by atoms with Crippen LogP contribution in [0.25, 0.3) is 16.9 Å². The van der Waals surface area contributed by atoms with Crippen molar-refractivity contribution >= 4 is 5.65 Å². The summed E-state index contributed by atoms with van der Waals surface area (Å²) in [5.41, 5.74) is 2.45. The molecule has 5 heterocycles. The number of rotatable bonds is 5. The van der Waals surface area contributed by atoms with Crippen LogP contribution in [0.2, 0.25) is 0 Å². The monoisotopic (exact) mass is 373 g/mol. The molecule has 8 nitrogen and oxygen atoms in total. The molecule has 8 heteroatoms. The molecule has 0 aromatic carbocycles. The van der Waals surface area contributed by atoms with Crippen LogP contribution in [0.4, 0.5) is 0 Å². The lowest BCUT2D eigenvalue weighted by Crippen LogP contribution is -2.49. The van der Waals surface area contributed by atoms with Gasteiger partial charge in [0.25, 0.3) is 5.56 Å². The van der Waals surface area contributed by atoms with E-state index in [0.29, 0.717) is 12.5 Å².